The summed E-state index contributed by atoms with van der Waals surface area (Å²) in [6, 6.07) is 8.89. The summed E-state index contributed by atoms with van der Waals surface area (Å²) >= 11 is 18.5. The SMILES string of the molecule is CN1C(=O)C(=Cc2ccc(-c3cccc(Cl)c3Cl)o2)SC1=S. The van der Waals surface area contributed by atoms with E-state index in [1.165, 1.54) is 16.7 Å². The Morgan fingerprint density at radius 2 is 2.05 bits per heavy atom. The molecule has 1 aromatic heterocycles. The first-order chi connectivity index (χ1) is 10.5. The Labute approximate surface area is 146 Å². The highest BCUT2D eigenvalue weighted by Gasteiger charge is 2.29. The van der Waals surface area contributed by atoms with Crippen LogP contribution in [0, 0.1) is 0 Å². The van der Waals surface area contributed by atoms with E-state index in [0.29, 0.717) is 36.4 Å². The molecule has 2 heterocycles. The average Bonchev–Trinajstić information content (AvgIpc) is 3.04. The maximum atomic E-state index is 12.0. The zero-order valence-electron chi connectivity index (χ0n) is 11.3. The molecule has 1 amide bonds. The topological polar surface area (TPSA) is 33.5 Å². The van der Waals surface area contributed by atoms with Crippen molar-refractivity contribution in [3.8, 4) is 11.3 Å². The molecule has 7 heteroatoms. The quantitative estimate of drug-likeness (QED) is 0.545. The third-order valence-corrected chi connectivity index (χ3v) is 5.41. The van der Waals surface area contributed by atoms with Crippen LogP contribution in [-0.2, 0) is 4.79 Å². The van der Waals surface area contributed by atoms with Crippen molar-refractivity contribution in [2.75, 3.05) is 7.05 Å². The van der Waals surface area contributed by atoms with Crippen LogP contribution in [-0.4, -0.2) is 22.2 Å². The number of hydrogen-bond donors (Lipinski definition) is 0. The van der Waals surface area contributed by atoms with E-state index >= 15 is 0 Å². The van der Waals surface area contributed by atoms with Gasteiger partial charge in [-0.15, -0.1) is 0 Å². The molecule has 0 spiro atoms. The maximum Gasteiger partial charge on any atom is 0.266 e. The summed E-state index contributed by atoms with van der Waals surface area (Å²) in [5, 5.41) is 0.897. The molecule has 0 bridgehead atoms. The molecule has 22 heavy (non-hydrogen) atoms. The minimum atomic E-state index is -0.131. The molecule has 3 rings (SSSR count). The van der Waals surface area contributed by atoms with E-state index in [1.54, 1.807) is 37.4 Å². The number of carbonyl (C=O) groups is 1. The first-order valence-corrected chi connectivity index (χ1v) is 8.21. The van der Waals surface area contributed by atoms with E-state index in [0.717, 1.165) is 0 Å². The standard InChI is InChI=1S/C15H9Cl2NO2S2/c1-18-14(19)12(22-15(18)21)7-8-5-6-11(20-8)9-3-2-4-10(16)13(9)17/h2-7H,1H3. The fourth-order valence-electron chi connectivity index (χ4n) is 1.94. The highest BCUT2D eigenvalue weighted by Crippen LogP contribution is 2.36. The predicted molar refractivity (Wildman–Crippen MR) is 95.1 cm³/mol. The number of furan rings is 1. The molecule has 1 fully saturated rings. The first-order valence-electron chi connectivity index (χ1n) is 6.23. The average molecular weight is 370 g/mol. The van der Waals surface area contributed by atoms with Crippen LogP contribution >= 0.6 is 47.2 Å². The van der Waals surface area contributed by atoms with Crippen LogP contribution in [0.1, 0.15) is 5.76 Å². The van der Waals surface area contributed by atoms with Crippen molar-refractivity contribution in [1.29, 1.82) is 0 Å². The van der Waals surface area contributed by atoms with E-state index in [9.17, 15) is 4.79 Å². The van der Waals surface area contributed by atoms with Crippen LogP contribution in [0.15, 0.2) is 39.7 Å². The molecule has 0 radical (unpaired) electrons. The zero-order valence-corrected chi connectivity index (χ0v) is 14.4. The molecular weight excluding hydrogens is 361 g/mol. The van der Waals surface area contributed by atoms with Gasteiger partial charge < -0.3 is 4.42 Å². The van der Waals surface area contributed by atoms with Gasteiger partial charge in [-0.2, -0.15) is 0 Å². The van der Waals surface area contributed by atoms with Gasteiger partial charge in [-0.3, -0.25) is 9.69 Å². The fraction of sp³-hybridized carbons (Fsp3) is 0.0667. The molecule has 0 N–H and O–H groups in total. The lowest BCUT2D eigenvalue weighted by Gasteiger charge is -2.03. The van der Waals surface area contributed by atoms with Gasteiger partial charge in [-0.05, 0) is 24.3 Å². The van der Waals surface area contributed by atoms with Gasteiger partial charge >= 0.3 is 0 Å². The van der Waals surface area contributed by atoms with E-state index < -0.39 is 0 Å². The Hall–Kier alpha value is -1.27. The summed E-state index contributed by atoms with van der Waals surface area (Å²) in [5.74, 6) is 1.01. The number of thiocarbonyl (C=S) groups is 1. The summed E-state index contributed by atoms with van der Waals surface area (Å²) < 4.78 is 6.27. The van der Waals surface area contributed by atoms with Gasteiger partial charge in [0.1, 0.15) is 15.8 Å². The van der Waals surface area contributed by atoms with Crippen molar-refractivity contribution < 1.29 is 9.21 Å². The van der Waals surface area contributed by atoms with E-state index in [4.69, 9.17) is 39.8 Å². The lowest BCUT2D eigenvalue weighted by molar-refractivity contribution is -0.121. The number of thioether (sulfide) groups is 1. The van der Waals surface area contributed by atoms with Gasteiger partial charge in [-0.1, -0.05) is 53.2 Å². The Bertz CT molecular complexity index is 814. The molecule has 0 aliphatic carbocycles. The summed E-state index contributed by atoms with van der Waals surface area (Å²) in [4.78, 5) is 13.9. The molecule has 0 atom stereocenters. The second-order valence-electron chi connectivity index (χ2n) is 4.54. The molecule has 1 aromatic carbocycles. The van der Waals surface area contributed by atoms with Crippen LogP contribution in [0.5, 0.6) is 0 Å². The van der Waals surface area contributed by atoms with Gasteiger partial charge in [-0.25, -0.2) is 0 Å². The van der Waals surface area contributed by atoms with E-state index in [-0.39, 0.29) is 5.91 Å². The molecule has 0 saturated carbocycles. The normalized spacial score (nSPS) is 16.9. The number of benzene rings is 1. The van der Waals surface area contributed by atoms with E-state index in [1.807, 2.05) is 6.07 Å². The zero-order chi connectivity index (χ0) is 15.9. The second kappa shape index (κ2) is 6.08. The van der Waals surface area contributed by atoms with Crippen molar-refractivity contribution in [3.05, 3.63) is 51.0 Å². The van der Waals surface area contributed by atoms with Gasteiger partial charge in [0.15, 0.2) is 0 Å². The number of carbonyl (C=O) groups excluding carboxylic acids is 1. The van der Waals surface area contributed by atoms with Crippen LogP contribution in [0.2, 0.25) is 10.0 Å². The maximum absolute atomic E-state index is 12.0. The summed E-state index contributed by atoms with van der Waals surface area (Å²) in [6.07, 6.45) is 1.67. The van der Waals surface area contributed by atoms with Gasteiger partial charge in [0.25, 0.3) is 5.91 Å². The largest absolute Gasteiger partial charge is 0.457 e. The van der Waals surface area contributed by atoms with Gasteiger partial charge in [0.2, 0.25) is 0 Å². The van der Waals surface area contributed by atoms with Crippen molar-refractivity contribution in [1.82, 2.24) is 4.90 Å². The second-order valence-corrected chi connectivity index (χ2v) is 7.01. The lowest BCUT2D eigenvalue weighted by atomic mass is 10.2. The summed E-state index contributed by atoms with van der Waals surface area (Å²) in [7, 11) is 1.65. The Balaban J connectivity index is 1.94. The Kier molecular flexibility index (Phi) is 4.32. The van der Waals surface area contributed by atoms with E-state index in [2.05, 4.69) is 0 Å². The number of amides is 1. The van der Waals surface area contributed by atoms with Crippen molar-refractivity contribution in [3.63, 3.8) is 0 Å². The number of nitrogens with zero attached hydrogens (tertiary/aromatic N) is 1. The molecule has 0 unspecified atom stereocenters. The van der Waals surface area contributed by atoms with Gasteiger partial charge in [0.05, 0.1) is 15.0 Å². The summed E-state index contributed by atoms with van der Waals surface area (Å²) in [5.41, 5.74) is 0.705. The smallest absolute Gasteiger partial charge is 0.266 e. The number of halogens is 2. The third kappa shape index (κ3) is 2.82. The lowest BCUT2D eigenvalue weighted by Crippen LogP contribution is -2.22. The number of rotatable bonds is 2. The molecule has 1 aliphatic rings. The molecule has 112 valence electrons. The first kappa shape index (κ1) is 15.6. The number of hydrogen-bond acceptors (Lipinski definition) is 4. The Morgan fingerprint density at radius 3 is 2.73 bits per heavy atom. The van der Waals surface area contributed by atoms with Crippen LogP contribution < -0.4 is 0 Å². The van der Waals surface area contributed by atoms with Crippen LogP contribution in [0.3, 0.4) is 0 Å². The van der Waals surface area contributed by atoms with Crippen molar-refractivity contribution in [2.45, 2.75) is 0 Å². The highest BCUT2D eigenvalue weighted by molar-refractivity contribution is 8.26. The van der Waals surface area contributed by atoms with Gasteiger partial charge in [0, 0.05) is 18.7 Å². The molecule has 2 aromatic rings. The van der Waals surface area contributed by atoms with Crippen LogP contribution in [0.4, 0.5) is 0 Å². The number of likely N-dealkylation sites (N-methyl/N-ethyl adjacent to an activating group) is 1. The van der Waals surface area contributed by atoms with Crippen molar-refractivity contribution >= 4 is 63.5 Å². The third-order valence-electron chi connectivity index (χ3n) is 3.10. The highest BCUT2D eigenvalue weighted by atomic mass is 35.5. The molecule has 1 aliphatic heterocycles. The molecular formula is C15H9Cl2NO2S2. The fourth-order valence-corrected chi connectivity index (χ4v) is 3.50. The van der Waals surface area contributed by atoms with Crippen LogP contribution in [0.25, 0.3) is 17.4 Å². The monoisotopic (exact) mass is 369 g/mol. The summed E-state index contributed by atoms with van der Waals surface area (Å²) in [6.45, 7) is 0. The minimum absolute atomic E-state index is 0.131. The molecule has 1 saturated heterocycles. The predicted octanol–water partition coefficient (Wildman–Crippen LogP) is 5.08. The minimum Gasteiger partial charge on any atom is -0.457 e. The molecule has 3 nitrogen and oxygen atoms in total. The Morgan fingerprint density at radius 1 is 1.27 bits per heavy atom. The van der Waals surface area contributed by atoms with Crippen molar-refractivity contribution in [2.24, 2.45) is 0 Å².